The smallest absolute Gasteiger partial charge is 0.160 e. The van der Waals surface area contributed by atoms with Crippen LogP contribution in [-0.2, 0) is 14.2 Å². The second-order valence-electron chi connectivity index (χ2n) is 23.7. The molecule has 0 aromatic heterocycles. The Morgan fingerprint density at radius 1 is 0.270 bits per heavy atom. The molecule has 16 unspecified atom stereocenters. The lowest BCUT2D eigenvalue weighted by atomic mass is 9.80. The van der Waals surface area contributed by atoms with Crippen molar-refractivity contribution in [1.82, 2.24) is 0 Å². The van der Waals surface area contributed by atoms with Crippen molar-refractivity contribution in [3.05, 3.63) is 0 Å². The van der Waals surface area contributed by atoms with Gasteiger partial charge in [0.05, 0.1) is 0 Å². The van der Waals surface area contributed by atoms with E-state index in [-0.39, 0.29) is 12.6 Å². The fourth-order valence-electron chi connectivity index (χ4n) is 12.7. The van der Waals surface area contributed by atoms with Crippen LogP contribution in [0.2, 0.25) is 0 Å². The van der Waals surface area contributed by atoms with Crippen LogP contribution < -0.4 is 0 Å². The summed E-state index contributed by atoms with van der Waals surface area (Å²) in [6.07, 6.45) is 27.4. The van der Waals surface area contributed by atoms with Gasteiger partial charge in [-0.05, 0) is 225 Å². The Kier molecular flexibility index (Phi) is 39.6. The van der Waals surface area contributed by atoms with Gasteiger partial charge in [0.1, 0.15) is 0 Å². The van der Waals surface area contributed by atoms with E-state index in [1.54, 1.807) is 0 Å². The van der Waals surface area contributed by atoms with E-state index in [0.717, 1.165) is 133 Å². The first-order valence-corrected chi connectivity index (χ1v) is 28.9. The summed E-state index contributed by atoms with van der Waals surface area (Å²) in [5.74, 6) is 12.7. The zero-order chi connectivity index (χ0) is 47.7. The van der Waals surface area contributed by atoms with Gasteiger partial charge >= 0.3 is 0 Å². The molecule has 0 fully saturated rings. The van der Waals surface area contributed by atoms with Crippen molar-refractivity contribution < 1.29 is 14.2 Å². The standard InChI is InChI=1S/C58H116Cl2O3/c1-17-61-57(27-19-23-43(3)31-47(7)35-51(11)39-55(15)41-53(13)37-49(9)33-45(5)25-21-29-59)63-58(62-18-2)28-20-24-44(4)32-48(8)36-52(12)40-56(16)42-54(14)38-50(10)34-46(6)26-22-30-60/h43-58H,17-42H2,1-16H3. The van der Waals surface area contributed by atoms with Crippen molar-refractivity contribution in [1.29, 1.82) is 0 Å². The number of hydrogen-bond acceptors (Lipinski definition) is 3. The zero-order valence-electron chi connectivity index (χ0n) is 45.6. The molecule has 0 N–H and O–H groups in total. The highest BCUT2D eigenvalue weighted by atomic mass is 35.5. The highest BCUT2D eigenvalue weighted by Gasteiger charge is 2.22. The number of rotatable bonds is 44. The Morgan fingerprint density at radius 2 is 0.460 bits per heavy atom. The van der Waals surface area contributed by atoms with Crippen molar-refractivity contribution in [2.75, 3.05) is 25.0 Å². The summed E-state index contributed by atoms with van der Waals surface area (Å²) in [6.45, 7) is 40.2. The third-order valence-electron chi connectivity index (χ3n) is 14.6. The predicted octanol–water partition coefficient (Wildman–Crippen LogP) is 19.7. The summed E-state index contributed by atoms with van der Waals surface area (Å²) >= 11 is 11.9. The lowest BCUT2D eigenvalue weighted by Gasteiger charge is -2.27. The fraction of sp³-hybridized carbons (Fsp3) is 1.00. The molecule has 0 saturated carbocycles. The average Bonchev–Trinajstić information content (AvgIpc) is 3.15. The largest absolute Gasteiger partial charge is 0.353 e. The van der Waals surface area contributed by atoms with Gasteiger partial charge in [0.2, 0.25) is 0 Å². The Bertz CT molecular complexity index is 919. The van der Waals surface area contributed by atoms with Crippen molar-refractivity contribution in [2.45, 2.75) is 265 Å². The van der Waals surface area contributed by atoms with E-state index >= 15 is 0 Å². The van der Waals surface area contributed by atoms with Crippen molar-refractivity contribution in [3.8, 4) is 0 Å². The maximum absolute atomic E-state index is 6.54. The van der Waals surface area contributed by atoms with Crippen LogP contribution in [0.5, 0.6) is 0 Å². The van der Waals surface area contributed by atoms with Crippen LogP contribution in [0.3, 0.4) is 0 Å². The molecule has 0 bridgehead atoms. The van der Waals surface area contributed by atoms with E-state index in [1.807, 2.05) is 0 Å². The minimum absolute atomic E-state index is 0.176. The molecule has 3 nitrogen and oxygen atoms in total. The SMILES string of the molecule is CCOC(CCCC(C)CC(C)CC(C)CC(C)CC(C)CC(C)CC(C)CCCCl)OC(CCCC(C)CC(C)CC(C)CC(C)CC(C)CC(C)CC(C)CCCCl)OCC. The fourth-order valence-corrected chi connectivity index (χ4v) is 13.0. The van der Waals surface area contributed by atoms with Gasteiger partial charge in [-0.1, -0.05) is 110 Å². The molecule has 0 aliphatic carbocycles. The monoisotopic (exact) mass is 931 g/mol. The van der Waals surface area contributed by atoms with E-state index in [0.29, 0.717) is 13.2 Å². The van der Waals surface area contributed by atoms with Crippen molar-refractivity contribution in [3.63, 3.8) is 0 Å². The Balaban J connectivity index is 4.56. The van der Waals surface area contributed by atoms with Gasteiger partial charge in [-0.2, -0.15) is 0 Å². The molecule has 16 atom stereocenters. The molecule has 0 rings (SSSR count). The normalized spacial score (nSPS) is 20.1. The summed E-state index contributed by atoms with van der Waals surface area (Å²) < 4.78 is 18.8. The number of ether oxygens (including phenoxy) is 3. The number of halogens is 2. The average molecular weight is 932 g/mol. The summed E-state index contributed by atoms with van der Waals surface area (Å²) in [5.41, 5.74) is 0. The van der Waals surface area contributed by atoms with Gasteiger partial charge in [-0.25, -0.2) is 0 Å². The Hall–Kier alpha value is 0.460. The summed E-state index contributed by atoms with van der Waals surface area (Å²) in [5, 5.41) is 0. The molecule has 0 radical (unpaired) electrons. The second kappa shape index (κ2) is 39.3. The first-order valence-electron chi connectivity index (χ1n) is 27.8. The first kappa shape index (κ1) is 63.5. The first-order chi connectivity index (χ1) is 29.8. The van der Waals surface area contributed by atoms with Crippen molar-refractivity contribution in [2.24, 2.45) is 82.9 Å². The molecule has 0 aliphatic rings. The highest BCUT2D eigenvalue weighted by molar-refractivity contribution is 6.18. The van der Waals surface area contributed by atoms with Crippen LogP contribution in [0.4, 0.5) is 0 Å². The van der Waals surface area contributed by atoms with Crippen LogP contribution in [-0.4, -0.2) is 37.6 Å². The Morgan fingerprint density at radius 3 is 0.651 bits per heavy atom. The summed E-state index contributed by atoms with van der Waals surface area (Å²) in [4.78, 5) is 0. The molecule has 0 aliphatic heterocycles. The molecule has 0 amide bonds. The molecule has 0 aromatic carbocycles. The van der Waals surface area contributed by atoms with E-state index < -0.39 is 0 Å². The topological polar surface area (TPSA) is 27.7 Å². The third-order valence-corrected chi connectivity index (χ3v) is 15.1. The van der Waals surface area contributed by atoms with Gasteiger partial charge in [-0.15, -0.1) is 23.2 Å². The van der Waals surface area contributed by atoms with Gasteiger partial charge in [0.25, 0.3) is 0 Å². The molecular weight excluding hydrogens is 816 g/mol. The lowest BCUT2D eigenvalue weighted by molar-refractivity contribution is -0.247. The molecule has 0 spiro atoms. The van der Waals surface area contributed by atoms with Crippen LogP contribution in [0.15, 0.2) is 0 Å². The van der Waals surface area contributed by atoms with E-state index in [1.165, 1.54) is 103 Å². The maximum atomic E-state index is 6.54. The number of alkyl halides is 2. The molecule has 63 heavy (non-hydrogen) atoms. The molecule has 380 valence electrons. The third kappa shape index (κ3) is 37.1. The van der Waals surface area contributed by atoms with Gasteiger partial charge in [0, 0.05) is 25.0 Å². The Labute approximate surface area is 407 Å². The minimum atomic E-state index is -0.176. The van der Waals surface area contributed by atoms with E-state index in [4.69, 9.17) is 37.4 Å². The van der Waals surface area contributed by atoms with Gasteiger partial charge in [0.15, 0.2) is 12.6 Å². The molecule has 0 heterocycles. The summed E-state index contributed by atoms with van der Waals surface area (Å²) in [7, 11) is 0. The molecule has 0 aromatic rings. The minimum Gasteiger partial charge on any atom is -0.353 e. The van der Waals surface area contributed by atoms with Crippen LogP contribution in [0.25, 0.3) is 0 Å². The van der Waals surface area contributed by atoms with Crippen LogP contribution in [0.1, 0.15) is 252 Å². The summed E-state index contributed by atoms with van der Waals surface area (Å²) in [6, 6.07) is 0. The highest BCUT2D eigenvalue weighted by Crippen LogP contribution is 2.33. The number of hydrogen-bond donors (Lipinski definition) is 0. The maximum Gasteiger partial charge on any atom is 0.160 e. The quantitative estimate of drug-likeness (QED) is 0.0450. The molecule has 0 saturated heterocycles. The lowest BCUT2D eigenvalue weighted by Crippen LogP contribution is -2.27. The van der Waals surface area contributed by atoms with Crippen LogP contribution >= 0.6 is 23.2 Å². The molecule has 5 heteroatoms. The van der Waals surface area contributed by atoms with Crippen LogP contribution in [0, 0.1) is 82.9 Å². The van der Waals surface area contributed by atoms with E-state index in [9.17, 15) is 0 Å². The van der Waals surface area contributed by atoms with Gasteiger partial charge < -0.3 is 14.2 Å². The van der Waals surface area contributed by atoms with Gasteiger partial charge in [-0.3, -0.25) is 0 Å². The zero-order valence-corrected chi connectivity index (χ0v) is 47.1. The van der Waals surface area contributed by atoms with Crippen molar-refractivity contribution >= 4 is 23.2 Å². The second-order valence-corrected chi connectivity index (χ2v) is 24.5. The predicted molar refractivity (Wildman–Crippen MR) is 283 cm³/mol. The van der Waals surface area contributed by atoms with E-state index in [2.05, 4.69) is 111 Å². The molecular formula is C58H116Cl2O3.